The van der Waals surface area contributed by atoms with Gasteiger partial charge >= 0.3 is 0 Å². The second-order valence-corrected chi connectivity index (χ2v) is 4.23. The molecule has 0 bridgehead atoms. The van der Waals surface area contributed by atoms with Gasteiger partial charge in [0.15, 0.2) is 0 Å². The molecule has 0 amide bonds. The van der Waals surface area contributed by atoms with Crippen LogP contribution in [-0.2, 0) is 0 Å². The van der Waals surface area contributed by atoms with Crippen LogP contribution in [0.25, 0.3) is 10.8 Å². The molecule has 0 unspecified atom stereocenters. The maximum atomic E-state index is 5.36. The van der Waals surface area contributed by atoms with E-state index in [1.165, 1.54) is 0 Å². The van der Waals surface area contributed by atoms with Crippen LogP contribution in [0.3, 0.4) is 0 Å². The lowest BCUT2D eigenvalue weighted by atomic mass is 10.1. The average molecular weight is 250 g/mol. The Kier molecular flexibility index (Phi) is 3.02. The number of rotatable bonds is 3. The average Bonchev–Trinajstić information content (AvgIpc) is 2.49. The molecule has 0 saturated carbocycles. The number of benzene rings is 2. The molecular weight excluding hydrogens is 236 g/mol. The van der Waals surface area contributed by atoms with Gasteiger partial charge in [-0.2, -0.15) is 0 Å². The first-order chi connectivity index (χ1) is 9.38. The molecule has 1 N–H and O–H groups in total. The number of anilines is 2. The van der Waals surface area contributed by atoms with Crippen LogP contribution in [0, 0.1) is 0 Å². The van der Waals surface area contributed by atoms with Crippen LogP contribution in [0.5, 0.6) is 5.75 Å². The van der Waals surface area contributed by atoms with E-state index in [9.17, 15) is 0 Å². The van der Waals surface area contributed by atoms with E-state index in [1.807, 2.05) is 54.7 Å². The number of hydrogen-bond donors (Lipinski definition) is 1. The summed E-state index contributed by atoms with van der Waals surface area (Å²) in [7, 11) is 1.67. The van der Waals surface area contributed by atoms with E-state index in [0.29, 0.717) is 0 Å². The van der Waals surface area contributed by atoms with Crippen molar-refractivity contribution in [1.82, 2.24) is 4.98 Å². The van der Waals surface area contributed by atoms with Gasteiger partial charge in [0, 0.05) is 34.5 Å². The number of fused-ring (bicyclic) bond motifs is 1. The Morgan fingerprint density at radius 3 is 2.58 bits per heavy atom. The summed E-state index contributed by atoms with van der Waals surface area (Å²) >= 11 is 0. The predicted octanol–water partition coefficient (Wildman–Crippen LogP) is 3.99. The Morgan fingerprint density at radius 1 is 0.947 bits per heavy atom. The molecule has 94 valence electrons. The van der Waals surface area contributed by atoms with Crippen LogP contribution in [0.4, 0.5) is 11.4 Å². The van der Waals surface area contributed by atoms with Gasteiger partial charge in [-0.3, -0.25) is 4.98 Å². The van der Waals surface area contributed by atoms with Gasteiger partial charge in [-0.05, 0) is 30.3 Å². The van der Waals surface area contributed by atoms with Crippen LogP contribution in [0.2, 0.25) is 0 Å². The first kappa shape index (κ1) is 11.5. The molecule has 3 rings (SSSR count). The van der Waals surface area contributed by atoms with E-state index in [1.54, 1.807) is 13.3 Å². The van der Waals surface area contributed by atoms with E-state index in [-0.39, 0.29) is 0 Å². The van der Waals surface area contributed by atoms with Crippen LogP contribution >= 0.6 is 0 Å². The summed E-state index contributed by atoms with van der Waals surface area (Å²) in [5.41, 5.74) is 2.11. The molecule has 0 fully saturated rings. The highest BCUT2D eigenvalue weighted by Crippen LogP contribution is 2.32. The number of pyridine rings is 1. The van der Waals surface area contributed by atoms with E-state index in [0.717, 1.165) is 27.9 Å². The Balaban J connectivity index is 2.10. The molecule has 0 spiro atoms. The standard InChI is InChI=1S/C16H14N2O/c1-19-16-8-7-15(13-9-10-17-11-14(13)16)18-12-5-3-2-4-6-12/h2-11,18H,1H3. The molecule has 0 aliphatic rings. The molecule has 0 aliphatic heterocycles. The summed E-state index contributed by atoms with van der Waals surface area (Å²) in [6.45, 7) is 0. The molecular formula is C16H14N2O. The lowest BCUT2D eigenvalue weighted by molar-refractivity contribution is 0.420. The summed E-state index contributed by atoms with van der Waals surface area (Å²) in [4.78, 5) is 4.16. The molecule has 3 nitrogen and oxygen atoms in total. The molecule has 0 saturated heterocycles. The minimum absolute atomic E-state index is 0.835. The minimum Gasteiger partial charge on any atom is -0.496 e. The maximum absolute atomic E-state index is 5.36. The van der Waals surface area contributed by atoms with Crippen LogP contribution in [-0.4, -0.2) is 12.1 Å². The monoisotopic (exact) mass is 250 g/mol. The number of hydrogen-bond acceptors (Lipinski definition) is 3. The molecule has 2 aromatic carbocycles. The molecule has 1 aromatic heterocycles. The largest absolute Gasteiger partial charge is 0.496 e. The molecule has 3 aromatic rings. The summed E-state index contributed by atoms with van der Waals surface area (Å²) < 4.78 is 5.36. The van der Waals surface area contributed by atoms with Crippen LogP contribution in [0.15, 0.2) is 60.9 Å². The smallest absolute Gasteiger partial charge is 0.128 e. The van der Waals surface area contributed by atoms with Gasteiger partial charge in [-0.25, -0.2) is 0 Å². The summed E-state index contributed by atoms with van der Waals surface area (Å²) in [6, 6.07) is 16.1. The first-order valence-corrected chi connectivity index (χ1v) is 6.11. The van der Waals surface area contributed by atoms with Crippen LogP contribution in [0.1, 0.15) is 0 Å². The number of ether oxygens (including phenoxy) is 1. The van der Waals surface area contributed by atoms with Crippen molar-refractivity contribution in [3.8, 4) is 5.75 Å². The molecule has 0 atom stereocenters. The van der Waals surface area contributed by atoms with E-state index in [2.05, 4.69) is 10.3 Å². The third-order valence-electron chi connectivity index (χ3n) is 3.05. The maximum Gasteiger partial charge on any atom is 0.128 e. The van der Waals surface area contributed by atoms with Gasteiger partial charge in [0.1, 0.15) is 5.75 Å². The molecule has 0 aliphatic carbocycles. The fourth-order valence-corrected chi connectivity index (χ4v) is 2.13. The van der Waals surface area contributed by atoms with E-state index in [4.69, 9.17) is 4.74 Å². The Hall–Kier alpha value is -2.55. The summed E-state index contributed by atoms with van der Waals surface area (Å²) in [5.74, 6) is 0.835. The third kappa shape index (κ3) is 2.22. The molecule has 0 radical (unpaired) electrons. The first-order valence-electron chi connectivity index (χ1n) is 6.11. The van der Waals surface area contributed by atoms with Gasteiger partial charge in [0.25, 0.3) is 0 Å². The van der Waals surface area contributed by atoms with Crippen molar-refractivity contribution < 1.29 is 4.74 Å². The van der Waals surface area contributed by atoms with Crippen molar-refractivity contribution in [3.05, 3.63) is 60.9 Å². The second-order valence-electron chi connectivity index (χ2n) is 4.23. The fraction of sp³-hybridized carbons (Fsp3) is 0.0625. The lowest BCUT2D eigenvalue weighted by Gasteiger charge is -2.12. The van der Waals surface area contributed by atoms with Crippen molar-refractivity contribution in [1.29, 1.82) is 0 Å². The van der Waals surface area contributed by atoms with Crippen molar-refractivity contribution in [2.75, 3.05) is 12.4 Å². The number of para-hydroxylation sites is 1. The minimum atomic E-state index is 0.835. The Bertz CT molecular complexity index is 695. The zero-order valence-electron chi connectivity index (χ0n) is 10.6. The zero-order chi connectivity index (χ0) is 13.1. The molecule has 19 heavy (non-hydrogen) atoms. The van der Waals surface area contributed by atoms with E-state index < -0.39 is 0 Å². The number of aromatic nitrogens is 1. The summed E-state index contributed by atoms with van der Waals surface area (Å²) in [5, 5.41) is 5.52. The van der Waals surface area contributed by atoms with Crippen molar-refractivity contribution in [2.24, 2.45) is 0 Å². The highest BCUT2D eigenvalue weighted by Gasteiger charge is 2.06. The van der Waals surface area contributed by atoms with Gasteiger partial charge in [-0.1, -0.05) is 18.2 Å². The number of nitrogens with one attached hydrogen (secondary N) is 1. The predicted molar refractivity (Wildman–Crippen MR) is 78.0 cm³/mol. The van der Waals surface area contributed by atoms with Gasteiger partial charge in [-0.15, -0.1) is 0 Å². The third-order valence-corrected chi connectivity index (χ3v) is 3.05. The zero-order valence-corrected chi connectivity index (χ0v) is 10.6. The quantitative estimate of drug-likeness (QED) is 0.763. The second kappa shape index (κ2) is 4.98. The van der Waals surface area contributed by atoms with Crippen molar-refractivity contribution >= 4 is 22.1 Å². The normalized spacial score (nSPS) is 10.4. The number of methoxy groups -OCH3 is 1. The molecule has 3 heteroatoms. The topological polar surface area (TPSA) is 34.1 Å². The Labute approximate surface area is 111 Å². The van der Waals surface area contributed by atoms with Gasteiger partial charge in [0.05, 0.1) is 7.11 Å². The number of nitrogens with zero attached hydrogens (tertiary/aromatic N) is 1. The lowest BCUT2D eigenvalue weighted by Crippen LogP contribution is -1.93. The van der Waals surface area contributed by atoms with Crippen molar-refractivity contribution in [3.63, 3.8) is 0 Å². The highest BCUT2D eigenvalue weighted by molar-refractivity contribution is 5.98. The van der Waals surface area contributed by atoms with Crippen molar-refractivity contribution in [2.45, 2.75) is 0 Å². The van der Waals surface area contributed by atoms with Gasteiger partial charge in [0.2, 0.25) is 0 Å². The van der Waals surface area contributed by atoms with E-state index >= 15 is 0 Å². The Morgan fingerprint density at radius 2 is 1.79 bits per heavy atom. The SMILES string of the molecule is COc1ccc(Nc2ccccc2)c2ccncc12. The fourth-order valence-electron chi connectivity index (χ4n) is 2.13. The molecule has 1 heterocycles. The van der Waals surface area contributed by atoms with Gasteiger partial charge < -0.3 is 10.1 Å². The highest BCUT2D eigenvalue weighted by atomic mass is 16.5. The summed E-state index contributed by atoms with van der Waals surface area (Å²) in [6.07, 6.45) is 3.61. The van der Waals surface area contributed by atoms with Crippen LogP contribution < -0.4 is 10.1 Å².